The Kier molecular flexibility index (Phi) is 3.63. The van der Waals surface area contributed by atoms with Crippen molar-refractivity contribution in [1.82, 2.24) is 15.1 Å². The maximum Gasteiger partial charge on any atom is 0.362 e. The van der Waals surface area contributed by atoms with Crippen molar-refractivity contribution in [2.45, 2.75) is 18.9 Å². The third-order valence-corrected chi connectivity index (χ3v) is 2.72. The summed E-state index contributed by atoms with van der Waals surface area (Å²) in [6.45, 7) is 1.83. The normalized spacial score (nSPS) is 20.0. The molecule has 6 nitrogen and oxygen atoms in total. The lowest BCUT2D eigenvalue weighted by molar-refractivity contribution is 0.0584. The predicted molar refractivity (Wildman–Crippen MR) is 61.1 cm³/mol. The Morgan fingerprint density at radius 2 is 2.47 bits per heavy atom. The first-order chi connectivity index (χ1) is 8.20. The number of piperidine rings is 1. The lowest BCUT2D eigenvalue weighted by Gasteiger charge is -2.23. The maximum atomic E-state index is 11.5. The van der Waals surface area contributed by atoms with Crippen LogP contribution in [0, 0.1) is 0 Å². The van der Waals surface area contributed by atoms with Gasteiger partial charge in [0.2, 0.25) is 5.69 Å². The number of ether oxygens (including phenoxy) is 2. The van der Waals surface area contributed by atoms with Gasteiger partial charge in [0.05, 0.1) is 13.3 Å². The molecule has 0 amide bonds. The smallest absolute Gasteiger partial charge is 0.362 e. The molecule has 1 aliphatic heterocycles. The molecule has 2 heterocycles. The van der Waals surface area contributed by atoms with Gasteiger partial charge in [-0.3, -0.25) is 4.68 Å². The van der Waals surface area contributed by atoms with Crippen LogP contribution in [0.3, 0.4) is 0 Å². The quantitative estimate of drug-likeness (QED) is 0.770. The van der Waals surface area contributed by atoms with Crippen LogP contribution >= 0.6 is 0 Å². The summed E-state index contributed by atoms with van der Waals surface area (Å²) in [5.74, 6) is 0.0254. The van der Waals surface area contributed by atoms with E-state index in [-0.39, 0.29) is 11.8 Å². The summed E-state index contributed by atoms with van der Waals surface area (Å²) < 4.78 is 12.0. The summed E-state index contributed by atoms with van der Waals surface area (Å²) in [4.78, 5) is 11.5. The number of hydrogen-bond acceptors (Lipinski definition) is 5. The van der Waals surface area contributed by atoms with Crippen molar-refractivity contribution in [3.63, 3.8) is 0 Å². The van der Waals surface area contributed by atoms with E-state index in [1.54, 1.807) is 17.9 Å². The molecule has 0 saturated carbocycles. The third-order valence-electron chi connectivity index (χ3n) is 2.72. The minimum atomic E-state index is -0.468. The molecule has 1 fully saturated rings. The fourth-order valence-corrected chi connectivity index (χ4v) is 1.89. The van der Waals surface area contributed by atoms with Gasteiger partial charge in [-0.1, -0.05) is 0 Å². The van der Waals surface area contributed by atoms with Crippen molar-refractivity contribution in [2.24, 2.45) is 7.05 Å². The zero-order chi connectivity index (χ0) is 12.3. The molecule has 0 aromatic carbocycles. The molecule has 1 atom stereocenters. The van der Waals surface area contributed by atoms with Crippen molar-refractivity contribution in [3.8, 4) is 5.75 Å². The summed E-state index contributed by atoms with van der Waals surface area (Å²) in [6.07, 6.45) is 3.86. The van der Waals surface area contributed by atoms with Gasteiger partial charge in [-0.2, -0.15) is 5.10 Å². The monoisotopic (exact) mass is 239 g/mol. The fourth-order valence-electron chi connectivity index (χ4n) is 1.89. The first-order valence-electron chi connectivity index (χ1n) is 5.70. The largest absolute Gasteiger partial charge is 0.485 e. The number of carbonyl (C=O) groups excluding carboxylic acids is 1. The Bertz CT molecular complexity index is 397. The van der Waals surface area contributed by atoms with Gasteiger partial charge in [-0.25, -0.2) is 4.79 Å². The van der Waals surface area contributed by atoms with Crippen LogP contribution in [0.2, 0.25) is 0 Å². The number of nitrogens with one attached hydrogen (secondary N) is 1. The number of rotatable bonds is 3. The first kappa shape index (κ1) is 11.9. The van der Waals surface area contributed by atoms with Crippen molar-refractivity contribution in [1.29, 1.82) is 0 Å². The molecule has 17 heavy (non-hydrogen) atoms. The third kappa shape index (κ3) is 2.76. The van der Waals surface area contributed by atoms with E-state index in [4.69, 9.17) is 4.74 Å². The van der Waals surface area contributed by atoms with Crippen LogP contribution in [0.5, 0.6) is 5.75 Å². The van der Waals surface area contributed by atoms with Gasteiger partial charge < -0.3 is 14.8 Å². The highest BCUT2D eigenvalue weighted by Gasteiger charge is 2.22. The molecule has 0 bridgehead atoms. The molecule has 0 spiro atoms. The van der Waals surface area contributed by atoms with E-state index in [1.165, 1.54) is 7.11 Å². The molecule has 1 saturated heterocycles. The Labute approximate surface area is 99.9 Å². The van der Waals surface area contributed by atoms with Crippen LogP contribution in [0.1, 0.15) is 23.3 Å². The van der Waals surface area contributed by atoms with Gasteiger partial charge in [0, 0.05) is 13.6 Å². The van der Waals surface area contributed by atoms with E-state index >= 15 is 0 Å². The van der Waals surface area contributed by atoms with Crippen LogP contribution in [0.4, 0.5) is 0 Å². The second-order valence-corrected chi connectivity index (χ2v) is 4.09. The maximum absolute atomic E-state index is 11.5. The van der Waals surface area contributed by atoms with Crippen LogP contribution in [-0.2, 0) is 11.8 Å². The number of aryl methyl sites for hydroxylation is 1. The predicted octanol–water partition coefficient (Wildman–Crippen LogP) is 0.337. The molecule has 1 N–H and O–H groups in total. The molecule has 1 aromatic rings. The molecule has 1 aliphatic rings. The number of methoxy groups -OCH3 is 1. The van der Waals surface area contributed by atoms with E-state index in [0.29, 0.717) is 5.75 Å². The molecule has 94 valence electrons. The SMILES string of the molecule is COC(=O)c1nn(C)cc1OC1CCCNC1. The fraction of sp³-hybridized carbons (Fsp3) is 0.636. The molecule has 0 aliphatic carbocycles. The molecular formula is C11H17N3O3. The number of nitrogens with zero attached hydrogens (tertiary/aromatic N) is 2. The second-order valence-electron chi connectivity index (χ2n) is 4.09. The summed E-state index contributed by atoms with van der Waals surface area (Å²) in [5, 5.41) is 7.30. The minimum Gasteiger partial charge on any atom is -0.485 e. The van der Waals surface area contributed by atoms with Crippen molar-refractivity contribution < 1.29 is 14.3 Å². The van der Waals surface area contributed by atoms with E-state index in [2.05, 4.69) is 15.2 Å². The van der Waals surface area contributed by atoms with E-state index < -0.39 is 5.97 Å². The Balaban J connectivity index is 2.11. The molecule has 6 heteroatoms. The molecular weight excluding hydrogens is 222 g/mol. The van der Waals surface area contributed by atoms with Crippen LogP contribution in [0.25, 0.3) is 0 Å². The second kappa shape index (κ2) is 5.18. The molecule has 1 unspecified atom stereocenters. The van der Waals surface area contributed by atoms with Crippen molar-refractivity contribution in [2.75, 3.05) is 20.2 Å². The number of aromatic nitrogens is 2. The Morgan fingerprint density at radius 1 is 1.65 bits per heavy atom. The number of carbonyl (C=O) groups is 1. The lowest BCUT2D eigenvalue weighted by atomic mass is 10.1. The Morgan fingerprint density at radius 3 is 3.12 bits per heavy atom. The van der Waals surface area contributed by atoms with Gasteiger partial charge in [0.25, 0.3) is 0 Å². The van der Waals surface area contributed by atoms with Crippen LogP contribution in [-0.4, -0.2) is 42.1 Å². The van der Waals surface area contributed by atoms with Gasteiger partial charge >= 0.3 is 5.97 Å². The number of hydrogen-bond donors (Lipinski definition) is 1. The Hall–Kier alpha value is -1.56. The standard InChI is InChI=1S/C11H17N3O3/c1-14-7-9(10(13-14)11(15)16-2)17-8-4-3-5-12-6-8/h7-8,12H,3-6H2,1-2H3. The van der Waals surface area contributed by atoms with Crippen LogP contribution < -0.4 is 10.1 Å². The van der Waals surface area contributed by atoms with E-state index in [9.17, 15) is 4.79 Å². The van der Waals surface area contributed by atoms with Crippen molar-refractivity contribution >= 4 is 5.97 Å². The minimum absolute atomic E-state index is 0.0938. The number of esters is 1. The average molecular weight is 239 g/mol. The lowest BCUT2D eigenvalue weighted by Crippen LogP contribution is -2.37. The highest BCUT2D eigenvalue weighted by atomic mass is 16.5. The van der Waals surface area contributed by atoms with Crippen LogP contribution in [0.15, 0.2) is 6.20 Å². The molecule has 2 rings (SSSR count). The zero-order valence-electron chi connectivity index (χ0n) is 10.1. The first-order valence-corrected chi connectivity index (χ1v) is 5.70. The summed E-state index contributed by atoms with van der Waals surface area (Å²) in [6, 6.07) is 0. The molecule has 1 aromatic heterocycles. The van der Waals surface area contributed by atoms with Gasteiger partial charge in [0.15, 0.2) is 5.75 Å². The van der Waals surface area contributed by atoms with Gasteiger partial charge in [-0.05, 0) is 19.4 Å². The average Bonchev–Trinajstić information content (AvgIpc) is 2.70. The summed E-state index contributed by atoms with van der Waals surface area (Å²) >= 11 is 0. The van der Waals surface area contributed by atoms with Crippen molar-refractivity contribution in [3.05, 3.63) is 11.9 Å². The highest BCUT2D eigenvalue weighted by Crippen LogP contribution is 2.20. The molecule has 0 radical (unpaired) electrons. The highest BCUT2D eigenvalue weighted by molar-refractivity contribution is 5.90. The topological polar surface area (TPSA) is 65.4 Å². The van der Waals surface area contributed by atoms with Gasteiger partial charge in [-0.15, -0.1) is 0 Å². The zero-order valence-corrected chi connectivity index (χ0v) is 10.1. The summed E-state index contributed by atoms with van der Waals surface area (Å²) in [5.41, 5.74) is 0.237. The summed E-state index contributed by atoms with van der Waals surface area (Å²) in [7, 11) is 3.08. The van der Waals surface area contributed by atoms with E-state index in [0.717, 1.165) is 25.9 Å². The van der Waals surface area contributed by atoms with E-state index in [1.807, 2.05) is 0 Å². The van der Waals surface area contributed by atoms with Gasteiger partial charge in [0.1, 0.15) is 6.10 Å².